The van der Waals surface area contributed by atoms with E-state index < -0.39 is 0 Å². The Morgan fingerprint density at radius 3 is 2.50 bits per heavy atom. The van der Waals surface area contributed by atoms with E-state index in [1.165, 1.54) is 6.07 Å². The van der Waals surface area contributed by atoms with Crippen LogP contribution >= 0.6 is 0 Å². The summed E-state index contributed by atoms with van der Waals surface area (Å²) in [6, 6.07) is 16.1. The van der Waals surface area contributed by atoms with Gasteiger partial charge in [0.2, 0.25) is 5.89 Å². The number of oxazole rings is 1. The zero-order valence-electron chi connectivity index (χ0n) is 15.9. The van der Waals surface area contributed by atoms with Crippen molar-refractivity contribution in [3.63, 3.8) is 0 Å². The first-order chi connectivity index (χ1) is 13.4. The Bertz CT molecular complexity index is 1170. The molecular formula is C23H20N2O3. The van der Waals surface area contributed by atoms with Gasteiger partial charge in [-0.25, -0.2) is 4.98 Å². The van der Waals surface area contributed by atoms with Gasteiger partial charge in [0, 0.05) is 11.3 Å². The second-order valence-electron chi connectivity index (χ2n) is 6.92. The Hall–Kier alpha value is -3.60. The van der Waals surface area contributed by atoms with Crippen molar-refractivity contribution < 1.29 is 14.3 Å². The number of carbonyl (C=O) groups is 1. The monoisotopic (exact) mass is 372 g/mol. The highest BCUT2D eigenvalue weighted by atomic mass is 16.3. The van der Waals surface area contributed by atoms with E-state index in [0.29, 0.717) is 28.3 Å². The van der Waals surface area contributed by atoms with Crippen molar-refractivity contribution in [2.24, 2.45) is 0 Å². The second-order valence-corrected chi connectivity index (χ2v) is 6.92. The third kappa shape index (κ3) is 3.22. The van der Waals surface area contributed by atoms with Crippen molar-refractivity contribution in [2.45, 2.75) is 20.8 Å². The Balaban J connectivity index is 1.70. The largest absolute Gasteiger partial charge is 0.507 e. The van der Waals surface area contributed by atoms with Crippen LogP contribution in [0.5, 0.6) is 5.75 Å². The minimum atomic E-state index is -0.210. The number of nitrogens with one attached hydrogen (secondary N) is 1. The first-order valence-corrected chi connectivity index (χ1v) is 9.00. The van der Waals surface area contributed by atoms with Gasteiger partial charge >= 0.3 is 0 Å². The van der Waals surface area contributed by atoms with Crippen molar-refractivity contribution in [3.8, 4) is 17.2 Å². The fraction of sp³-hybridized carbons (Fsp3) is 0.130. The quantitative estimate of drug-likeness (QED) is 0.474. The third-order valence-electron chi connectivity index (χ3n) is 4.88. The number of aryl methyl sites for hydroxylation is 3. The molecule has 0 spiro atoms. The average Bonchev–Trinajstić information content (AvgIpc) is 3.06. The smallest absolute Gasteiger partial charge is 0.255 e. The SMILES string of the molecule is Cc1cc2nc(-c3cc(NC(=O)c4ccccc4C)ccc3O)oc2cc1C. The molecule has 1 heterocycles. The summed E-state index contributed by atoms with van der Waals surface area (Å²) >= 11 is 0. The Labute approximate surface area is 162 Å². The average molecular weight is 372 g/mol. The number of aromatic nitrogens is 1. The number of hydrogen-bond donors (Lipinski definition) is 2. The zero-order chi connectivity index (χ0) is 19.8. The number of carbonyl (C=O) groups excluding carboxylic acids is 1. The van der Waals surface area contributed by atoms with E-state index in [9.17, 15) is 9.90 Å². The molecule has 5 heteroatoms. The van der Waals surface area contributed by atoms with E-state index in [1.54, 1.807) is 18.2 Å². The molecule has 1 aromatic heterocycles. The lowest BCUT2D eigenvalue weighted by atomic mass is 10.1. The normalized spacial score (nSPS) is 11.0. The van der Waals surface area contributed by atoms with E-state index in [1.807, 2.05) is 51.1 Å². The molecule has 0 atom stereocenters. The van der Waals surface area contributed by atoms with Crippen LogP contribution in [0.4, 0.5) is 5.69 Å². The number of fused-ring (bicyclic) bond motifs is 1. The number of aromatic hydroxyl groups is 1. The van der Waals surface area contributed by atoms with Crippen LogP contribution in [0.1, 0.15) is 27.0 Å². The lowest BCUT2D eigenvalue weighted by Gasteiger charge is -2.09. The highest BCUT2D eigenvalue weighted by Crippen LogP contribution is 2.34. The molecule has 0 unspecified atom stereocenters. The maximum atomic E-state index is 12.6. The standard InChI is InChI=1S/C23H20N2O3/c1-13-6-4-5-7-17(13)22(27)24-16-8-9-20(26)18(12-16)23-25-19-10-14(2)15(3)11-21(19)28-23/h4-12,26H,1-3H3,(H,24,27). The lowest BCUT2D eigenvalue weighted by molar-refractivity contribution is 0.102. The number of nitrogens with zero attached hydrogens (tertiary/aromatic N) is 1. The predicted molar refractivity (Wildman–Crippen MR) is 110 cm³/mol. The van der Waals surface area contributed by atoms with Crippen molar-refractivity contribution in [2.75, 3.05) is 5.32 Å². The summed E-state index contributed by atoms with van der Waals surface area (Å²) in [5.74, 6) is 0.136. The summed E-state index contributed by atoms with van der Waals surface area (Å²) in [5.41, 5.74) is 6.09. The molecule has 28 heavy (non-hydrogen) atoms. The van der Waals surface area contributed by atoms with Gasteiger partial charge in [-0.1, -0.05) is 18.2 Å². The molecule has 0 saturated heterocycles. The van der Waals surface area contributed by atoms with Crippen LogP contribution in [-0.2, 0) is 0 Å². The molecule has 0 aliphatic heterocycles. The van der Waals surface area contributed by atoms with Gasteiger partial charge in [0.25, 0.3) is 5.91 Å². The van der Waals surface area contributed by atoms with Gasteiger partial charge in [0.1, 0.15) is 11.3 Å². The summed E-state index contributed by atoms with van der Waals surface area (Å²) in [6.45, 7) is 5.91. The molecular weight excluding hydrogens is 352 g/mol. The van der Waals surface area contributed by atoms with Crippen LogP contribution in [0.25, 0.3) is 22.6 Å². The summed E-state index contributed by atoms with van der Waals surface area (Å²) in [5, 5.41) is 13.2. The van der Waals surface area contributed by atoms with E-state index in [4.69, 9.17) is 4.42 Å². The second kappa shape index (κ2) is 6.85. The van der Waals surface area contributed by atoms with Crippen LogP contribution in [-0.4, -0.2) is 16.0 Å². The van der Waals surface area contributed by atoms with Crippen LogP contribution in [0.2, 0.25) is 0 Å². The fourth-order valence-electron chi connectivity index (χ4n) is 3.11. The molecule has 0 aliphatic carbocycles. The number of hydrogen-bond acceptors (Lipinski definition) is 4. The van der Waals surface area contributed by atoms with E-state index in [-0.39, 0.29) is 11.7 Å². The molecule has 5 nitrogen and oxygen atoms in total. The maximum absolute atomic E-state index is 12.6. The predicted octanol–water partition coefficient (Wildman–Crippen LogP) is 5.38. The number of phenolic OH excluding ortho intramolecular Hbond substituents is 1. The molecule has 3 aromatic carbocycles. The molecule has 0 bridgehead atoms. The Kier molecular flexibility index (Phi) is 4.35. The number of amides is 1. The summed E-state index contributed by atoms with van der Waals surface area (Å²) < 4.78 is 5.85. The van der Waals surface area contributed by atoms with Crippen LogP contribution in [0, 0.1) is 20.8 Å². The molecule has 0 fully saturated rings. The van der Waals surface area contributed by atoms with Crippen LogP contribution in [0.3, 0.4) is 0 Å². The molecule has 0 saturated carbocycles. The fourth-order valence-corrected chi connectivity index (χ4v) is 3.11. The molecule has 4 aromatic rings. The number of phenols is 1. The van der Waals surface area contributed by atoms with Crippen molar-refractivity contribution in [3.05, 3.63) is 76.9 Å². The third-order valence-corrected chi connectivity index (χ3v) is 4.88. The number of anilines is 1. The first-order valence-electron chi connectivity index (χ1n) is 9.00. The van der Waals surface area contributed by atoms with Gasteiger partial charge < -0.3 is 14.8 Å². The first kappa shape index (κ1) is 17.8. The molecule has 0 radical (unpaired) electrons. The van der Waals surface area contributed by atoms with Gasteiger partial charge in [-0.2, -0.15) is 0 Å². The van der Waals surface area contributed by atoms with Gasteiger partial charge in [-0.3, -0.25) is 4.79 Å². The van der Waals surface area contributed by atoms with E-state index in [0.717, 1.165) is 22.2 Å². The number of benzene rings is 3. The molecule has 0 aliphatic rings. The van der Waals surface area contributed by atoms with Crippen molar-refractivity contribution in [1.82, 2.24) is 4.98 Å². The highest BCUT2D eigenvalue weighted by Gasteiger charge is 2.15. The van der Waals surface area contributed by atoms with Crippen molar-refractivity contribution >= 4 is 22.7 Å². The summed E-state index contributed by atoms with van der Waals surface area (Å²) in [6.07, 6.45) is 0. The van der Waals surface area contributed by atoms with Crippen molar-refractivity contribution in [1.29, 1.82) is 0 Å². The molecule has 2 N–H and O–H groups in total. The van der Waals surface area contributed by atoms with Gasteiger partial charge in [-0.15, -0.1) is 0 Å². The number of rotatable bonds is 3. The van der Waals surface area contributed by atoms with Gasteiger partial charge in [0.05, 0.1) is 5.56 Å². The zero-order valence-corrected chi connectivity index (χ0v) is 15.9. The lowest BCUT2D eigenvalue weighted by Crippen LogP contribution is -2.13. The Morgan fingerprint density at radius 2 is 1.71 bits per heavy atom. The molecule has 1 amide bonds. The minimum Gasteiger partial charge on any atom is -0.507 e. The maximum Gasteiger partial charge on any atom is 0.255 e. The highest BCUT2D eigenvalue weighted by molar-refractivity contribution is 6.05. The summed E-state index contributed by atoms with van der Waals surface area (Å²) in [7, 11) is 0. The minimum absolute atomic E-state index is 0.0360. The Morgan fingerprint density at radius 1 is 0.964 bits per heavy atom. The van der Waals surface area contributed by atoms with Crippen LogP contribution in [0.15, 0.2) is 59.0 Å². The topological polar surface area (TPSA) is 75.4 Å². The van der Waals surface area contributed by atoms with Crippen LogP contribution < -0.4 is 5.32 Å². The van der Waals surface area contributed by atoms with Gasteiger partial charge in [0.15, 0.2) is 5.58 Å². The molecule has 140 valence electrons. The van der Waals surface area contributed by atoms with Gasteiger partial charge in [-0.05, 0) is 73.9 Å². The molecule has 4 rings (SSSR count). The summed E-state index contributed by atoms with van der Waals surface area (Å²) in [4.78, 5) is 17.1. The van der Waals surface area contributed by atoms with E-state index >= 15 is 0 Å². The van der Waals surface area contributed by atoms with E-state index in [2.05, 4.69) is 10.3 Å².